The van der Waals surface area contributed by atoms with Crippen LogP contribution in [-0.2, 0) is 9.53 Å². The maximum absolute atomic E-state index is 12.2. The highest BCUT2D eigenvalue weighted by Crippen LogP contribution is 2.16. The van der Waals surface area contributed by atoms with E-state index in [-0.39, 0.29) is 0 Å². The molecule has 0 spiro atoms. The van der Waals surface area contributed by atoms with E-state index in [2.05, 4.69) is 20.3 Å². The normalized spacial score (nSPS) is 11.6. The van der Waals surface area contributed by atoms with E-state index in [4.69, 9.17) is 4.74 Å². The van der Waals surface area contributed by atoms with Crippen LogP contribution in [0.5, 0.6) is 0 Å². The fourth-order valence-electron chi connectivity index (χ4n) is 2.13. The number of aromatic nitrogens is 3. The Morgan fingerprint density at radius 2 is 1.88 bits per heavy atom. The number of esters is 1. The van der Waals surface area contributed by atoms with Gasteiger partial charge >= 0.3 is 5.97 Å². The lowest BCUT2D eigenvalue weighted by molar-refractivity contribution is -0.123. The summed E-state index contributed by atoms with van der Waals surface area (Å²) in [6, 6.07) is 11.9. The molecule has 1 aromatic carbocycles. The van der Waals surface area contributed by atoms with Crippen LogP contribution < -0.4 is 5.32 Å². The highest BCUT2D eigenvalue weighted by atomic mass is 16.5. The summed E-state index contributed by atoms with van der Waals surface area (Å²) in [6.45, 7) is 1.51. The number of hydrogen-bond acceptors (Lipinski definition) is 5. The van der Waals surface area contributed by atoms with Crippen LogP contribution in [0.15, 0.2) is 61.1 Å². The maximum Gasteiger partial charge on any atom is 0.338 e. The average molecular weight is 336 g/mol. The number of nitrogens with one attached hydrogen (secondary N) is 2. The van der Waals surface area contributed by atoms with Crippen molar-refractivity contribution in [2.75, 3.05) is 5.32 Å². The summed E-state index contributed by atoms with van der Waals surface area (Å²) in [7, 11) is 0. The first kappa shape index (κ1) is 16.4. The second-order valence-electron chi connectivity index (χ2n) is 5.27. The highest BCUT2D eigenvalue weighted by Gasteiger charge is 2.19. The van der Waals surface area contributed by atoms with Gasteiger partial charge in [0.2, 0.25) is 0 Å². The molecule has 0 aliphatic rings. The molecule has 0 radical (unpaired) electrons. The molecule has 2 aromatic heterocycles. The van der Waals surface area contributed by atoms with E-state index in [1.165, 1.54) is 6.92 Å². The third-order valence-corrected chi connectivity index (χ3v) is 3.46. The SMILES string of the molecule is CC(OC(=O)c1ccc(-c2ncc[nH]2)cc1)C(=O)Nc1ccccn1. The minimum Gasteiger partial charge on any atom is -0.449 e. The fourth-order valence-corrected chi connectivity index (χ4v) is 2.13. The molecule has 2 N–H and O–H groups in total. The monoisotopic (exact) mass is 336 g/mol. The van der Waals surface area contributed by atoms with Crippen LogP contribution in [0.4, 0.5) is 5.82 Å². The van der Waals surface area contributed by atoms with E-state index in [0.29, 0.717) is 17.2 Å². The summed E-state index contributed by atoms with van der Waals surface area (Å²) < 4.78 is 5.20. The lowest BCUT2D eigenvalue weighted by Crippen LogP contribution is -2.30. The van der Waals surface area contributed by atoms with Crippen molar-refractivity contribution in [3.63, 3.8) is 0 Å². The number of anilines is 1. The van der Waals surface area contributed by atoms with Crippen LogP contribution in [0.3, 0.4) is 0 Å². The van der Waals surface area contributed by atoms with Gasteiger partial charge in [0.15, 0.2) is 6.10 Å². The molecule has 7 nitrogen and oxygen atoms in total. The van der Waals surface area contributed by atoms with Crippen molar-refractivity contribution >= 4 is 17.7 Å². The Morgan fingerprint density at radius 1 is 1.08 bits per heavy atom. The molecule has 3 rings (SSSR count). The van der Waals surface area contributed by atoms with Crippen LogP contribution >= 0.6 is 0 Å². The third kappa shape index (κ3) is 4.08. The van der Waals surface area contributed by atoms with Crippen molar-refractivity contribution in [2.45, 2.75) is 13.0 Å². The van der Waals surface area contributed by atoms with Gasteiger partial charge in [0.1, 0.15) is 11.6 Å². The number of amides is 1. The number of ether oxygens (including phenoxy) is 1. The van der Waals surface area contributed by atoms with Gasteiger partial charge in [-0.15, -0.1) is 0 Å². The van der Waals surface area contributed by atoms with Crippen LogP contribution in [0.25, 0.3) is 11.4 Å². The van der Waals surface area contributed by atoms with Gasteiger partial charge in [0.05, 0.1) is 5.56 Å². The number of imidazole rings is 1. The zero-order chi connectivity index (χ0) is 17.6. The minimum atomic E-state index is -0.945. The van der Waals surface area contributed by atoms with E-state index < -0.39 is 18.0 Å². The fraction of sp³-hybridized carbons (Fsp3) is 0.111. The average Bonchev–Trinajstić information content (AvgIpc) is 3.17. The zero-order valence-corrected chi connectivity index (χ0v) is 13.5. The van der Waals surface area contributed by atoms with Crippen LogP contribution in [0, 0.1) is 0 Å². The molecule has 1 unspecified atom stereocenters. The maximum atomic E-state index is 12.2. The van der Waals surface area contributed by atoms with Crippen LogP contribution in [0.2, 0.25) is 0 Å². The Morgan fingerprint density at radius 3 is 2.52 bits per heavy atom. The van der Waals surface area contributed by atoms with Crippen LogP contribution in [0.1, 0.15) is 17.3 Å². The summed E-state index contributed by atoms with van der Waals surface area (Å²) in [4.78, 5) is 35.3. The van der Waals surface area contributed by atoms with Gasteiger partial charge in [0.25, 0.3) is 5.91 Å². The van der Waals surface area contributed by atoms with E-state index in [1.807, 2.05) is 0 Å². The number of pyridine rings is 1. The lowest BCUT2D eigenvalue weighted by atomic mass is 10.1. The van der Waals surface area contributed by atoms with Gasteiger partial charge in [-0.05, 0) is 31.2 Å². The van der Waals surface area contributed by atoms with Crippen molar-refractivity contribution < 1.29 is 14.3 Å². The Kier molecular flexibility index (Phi) is 4.84. The molecule has 0 fully saturated rings. The van der Waals surface area contributed by atoms with Gasteiger partial charge in [-0.3, -0.25) is 4.79 Å². The molecule has 0 saturated heterocycles. The van der Waals surface area contributed by atoms with Crippen LogP contribution in [-0.4, -0.2) is 32.9 Å². The number of H-pyrrole nitrogens is 1. The zero-order valence-electron chi connectivity index (χ0n) is 13.5. The molecule has 0 bridgehead atoms. The second-order valence-corrected chi connectivity index (χ2v) is 5.27. The van der Waals surface area contributed by atoms with Crippen molar-refractivity contribution in [2.24, 2.45) is 0 Å². The molecule has 0 aliphatic heterocycles. The molecule has 0 aliphatic carbocycles. The Hall–Kier alpha value is -3.48. The molecule has 126 valence electrons. The van der Waals surface area contributed by atoms with Gasteiger partial charge < -0.3 is 15.0 Å². The third-order valence-electron chi connectivity index (χ3n) is 3.46. The second kappa shape index (κ2) is 7.39. The first-order valence-corrected chi connectivity index (χ1v) is 7.66. The number of carbonyl (C=O) groups excluding carboxylic acids is 2. The Balaban J connectivity index is 1.60. The lowest BCUT2D eigenvalue weighted by Gasteiger charge is -2.13. The molecule has 1 atom stereocenters. The van der Waals surface area contributed by atoms with Gasteiger partial charge in [-0.25, -0.2) is 14.8 Å². The topological polar surface area (TPSA) is 97.0 Å². The van der Waals surface area contributed by atoms with Gasteiger partial charge in [-0.1, -0.05) is 18.2 Å². The highest BCUT2D eigenvalue weighted by molar-refractivity contribution is 5.96. The van der Waals surface area contributed by atoms with Crippen molar-refractivity contribution in [1.82, 2.24) is 15.0 Å². The summed E-state index contributed by atoms with van der Waals surface area (Å²) in [5.41, 5.74) is 1.20. The molecular weight excluding hydrogens is 320 g/mol. The molecule has 7 heteroatoms. The quantitative estimate of drug-likeness (QED) is 0.698. The molecular formula is C18H16N4O3. The van der Waals surface area contributed by atoms with Gasteiger partial charge in [-0.2, -0.15) is 0 Å². The van der Waals surface area contributed by atoms with E-state index in [9.17, 15) is 9.59 Å². The number of rotatable bonds is 5. The molecule has 2 heterocycles. The van der Waals surface area contributed by atoms with Crippen molar-refractivity contribution in [3.8, 4) is 11.4 Å². The Labute approximate surface area is 144 Å². The van der Waals surface area contributed by atoms with Crippen molar-refractivity contribution in [3.05, 3.63) is 66.6 Å². The van der Waals surface area contributed by atoms with E-state index in [1.54, 1.807) is 61.1 Å². The summed E-state index contributed by atoms with van der Waals surface area (Å²) in [6.07, 6.45) is 3.99. The summed E-state index contributed by atoms with van der Waals surface area (Å²) in [5, 5.41) is 2.59. The van der Waals surface area contributed by atoms with Gasteiger partial charge in [0, 0.05) is 24.2 Å². The minimum absolute atomic E-state index is 0.354. The smallest absolute Gasteiger partial charge is 0.338 e. The van der Waals surface area contributed by atoms with E-state index in [0.717, 1.165) is 5.56 Å². The first-order chi connectivity index (χ1) is 12.1. The molecule has 25 heavy (non-hydrogen) atoms. The number of aromatic amines is 1. The molecule has 1 amide bonds. The Bertz CT molecular complexity index is 846. The largest absolute Gasteiger partial charge is 0.449 e. The number of nitrogens with zero attached hydrogens (tertiary/aromatic N) is 2. The number of carbonyl (C=O) groups is 2. The molecule has 3 aromatic rings. The predicted molar refractivity (Wildman–Crippen MR) is 91.8 cm³/mol. The van der Waals surface area contributed by atoms with Crippen molar-refractivity contribution in [1.29, 1.82) is 0 Å². The summed E-state index contributed by atoms with van der Waals surface area (Å²) >= 11 is 0. The first-order valence-electron chi connectivity index (χ1n) is 7.66. The number of benzene rings is 1. The van der Waals surface area contributed by atoms with E-state index >= 15 is 0 Å². The number of hydrogen-bond donors (Lipinski definition) is 2. The molecule has 0 saturated carbocycles. The summed E-state index contributed by atoms with van der Waals surface area (Å²) in [5.74, 6) is 0.0927. The standard InChI is InChI=1S/C18H16N4O3/c1-12(17(23)22-15-4-2-3-9-19-15)25-18(24)14-7-5-13(6-8-14)16-20-10-11-21-16/h2-12H,1H3,(H,20,21)(H,19,22,23). The predicted octanol–water partition coefficient (Wildman–Crippen LogP) is 2.66.